The Morgan fingerprint density at radius 2 is 2.19 bits per heavy atom. The summed E-state index contributed by atoms with van der Waals surface area (Å²) in [7, 11) is 1.57. The molecule has 0 saturated carbocycles. The minimum Gasteiger partial charge on any atom is -0.486 e. The SMILES string of the molecule is COc1cccc(COc2cncc(C#CCCO)c2)n1. The highest BCUT2D eigenvalue weighted by atomic mass is 16.5. The van der Waals surface area contributed by atoms with Crippen molar-refractivity contribution in [2.75, 3.05) is 13.7 Å². The topological polar surface area (TPSA) is 64.5 Å². The number of methoxy groups -OCH3 is 1. The van der Waals surface area contributed by atoms with Gasteiger partial charge in [-0.1, -0.05) is 17.9 Å². The molecule has 0 radical (unpaired) electrons. The van der Waals surface area contributed by atoms with E-state index in [2.05, 4.69) is 21.8 Å². The first-order valence-corrected chi connectivity index (χ1v) is 6.49. The molecule has 21 heavy (non-hydrogen) atoms. The van der Waals surface area contributed by atoms with Crippen molar-refractivity contribution in [2.45, 2.75) is 13.0 Å². The number of aliphatic hydroxyl groups excluding tert-OH is 1. The number of rotatable bonds is 5. The molecule has 0 aliphatic heterocycles. The predicted octanol–water partition coefficient (Wildman–Crippen LogP) is 1.80. The molecule has 108 valence electrons. The van der Waals surface area contributed by atoms with Crippen molar-refractivity contribution >= 4 is 0 Å². The summed E-state index contributed by atoms with van der Waals surface area (Å²) in [5, 5.41) is 8.69. The number of aliphatic hydroxyl groups is 1. The Morgan fingerprint density at radius 3 is 3.00 bits per heavy atom. The first-order chi connectivity index (χ1) is 10.3. The molecule has 1 N–H and O–H groups in total. The molecule has 0 aliphatic rings. The van der Waals surface area contributed by atoms with E-state index >= 15 is 0 Å². The van der Waals surface area contributed by atoms with Crippen LogP contribution in [0, 0.1) is 11.8 Å². The Balaban J connectivity index is 2.00. The van der Waals surface area contributed by atoms with Crippen LogP contribution in [0.5, 0.6) is 11.6 Å². The lowest BCUT2D eigenvalue weighted by atomic mass is 10.2. The highest BCUT2D eigenvalue weighted by molar-refractivity contribution is 5.36. The number of ether oxygens (including phenoxy) is 2. The van der Waals surface area contributed by atoms with Crippen LogP contribution >= 0.6 is 0 Å². The van der Waals surface area contributed by atoms with Gasteiger partial charge in [-0.3, -0.25) is 4.98 Å². The summed E-state index contributed by atoms with van der Waals surface area (Å²) in [6, 6.07) is 7.31. The average molecular weight is 284 g/mol. The third-order valence-electron chi connectivity index (χ3n) is 2.56. The first kappa shape index (κ1) is 14.8. The van der Waals surface area contributed by atoms with Crippen molar-refractivity contribution in [3.8, 4) is 23.5 Å². The fourth-order valence-corrected chi connectivity index (χ4v) is 1.60. The second-order valence-electron chi connectivity index (χ2n) is 4.14. The van der Waals surface area contributed by atoms with E-state index in [0.29, 0.717) is 24.7 Å². The first-order valence-electron chi connectivity index (χ1n) is 6.49. The van der Waals surface area contributed by atoms with Gasteiger partial charge >= 0.3 is 0 Å². The van der Waals surface area contributed by atoms with E-state index in [9.17, 15) is 0 Å². The fraction of sp³-hybridized carbons (Fsp3) is 0.250. The molecule has 2 rings (SSSR count). The highest BCUT2D eigenvalue weighted by Crippen LogP contribution is 2.13. The van der Waals surface area contributed by atoms with Crippen LogP contribution in [0.2, 0.25) is 0 Å². The van der Waals surface area contributed by atoms with Crippen LogP contribution < -0.4 is 9.47 Å². The zero-order valence-corrected chi connectivity index (χ0v) is 11.7. The minimum atomic E-state index is 0.0537. The molecule has 0 fully saturated rings. The normalized spacial score (nSPS) is 9.62. The van der Waals surface area contributed by atoms with E-state index in [1.54, 1.807) is 31.6 Å². The summed E-state index contributed by atoms with van der Waals surface area (Å²) >= 11 is 0. The van der Waals surface area contributed by atoms with Gasteiger partial charge in [-0.2, -0.15) is 0 Å². The molecule has 2 heterocycles. The summed E-state index contributed by atoms with van der Waals surface area (Å²) in [4.78, 5) is 8.34. The van der Waals surface area contributed by atoms with Gasteiger partial charge in [0.2, 0.25) is 5.88 Å². The third kappa shape index (κ3) is 4.79. The molecular weight excluding hydrogens is 268 g/mol. The van der Waals surface area contributed by atoms with Crippen molar-refractivity contribution in [3.63, 3.8) is 0 Å². The quantitative estimate of drug-likeness (QED) is 0.848. The molecule has 0 atom stereocenters. The summed E-state index contributed by atoms with van der Waals surface area (Å²) in [6.45, 7) is 0.379. The van der Waals surface area contributed by atoms with Gasteiger partial charge in [0.1, 0.15) is 12.4 Å². The van der Waals surface area contributed by atoms with E-state index in [4.69, 9.17) is 14.6 Å². The van der Waals surface area contributed by atoms with E-state index < -0.39 is 0 Å². The highest BCUT2D eigenvalue weighted by Gasteiger charge is 2.00. The Hall–Kier alpha value is -2.58. The van der Waals surface area contributed by atoms with Gasteiger partial charge in [0.25, 0.3) is 0 Å². The molecule has 0 spiro atoms. The number of hydrogen-bond acceptors (Lipinski definition) is 5. The molecule has 2 aromatic rings. The van der Waals surface area contributed by atoms with Crippen LogP contribution in [0.4, 0.5) is 0 Å². The summed E-state index contributed by atoms with van der Waals surface area (Å²) in [5.74, 6) is 6.93. The Labute approximate surface area is 123 Å². The molecule has 5 nitrogen and oxygen atoms in total. The number of aromatic nitrogens is 2. The van der Waals surface area contributed by atoms with Gasteiger partial charge in [0.15, 0.2) is 0 Å². The molecule has 0 saturated heterocycles. The molecule has 0 aliphatic carbocycles. The Kier molecular flexibility index (Phi) is 5.56. The maximum atomic E-state index is 8.69. The van der Waals surface area contributed by atoms with Gasteiger partial charge in [-0.05, 0) is 12.1 Å². The second-order valence-corrected chi connectivity index (χ2v) is 4.14. The van der Waals surface area contributed by atoms with Crippen molar-refractivity contribution < 1.29 is 14.6 Å². The number of nitrogens with zero attached hydrogens (tertiary/aromatic N) is 2. The van der Waals surface area contributed by atoms with E-state index in [1.165, 1.54) is 0 Å². The zero-order valence-electron chi connectivity index (χ0n) is 11.7. The van der Waals surface area contributed by atoms with Crippen molar-refractivity contribution in [1.82, 2.24) is 9.97 Å². The molecular formula is C16H16N2O3. The van der Waals surface area contributed by atoms with E-state index in [0.717, 1.165) is 11.3 Å². The predicted molar refractivity (Wildman–Crippen MR) is 77.9 cm³/mol. The minimum absolute atomic E-state index is 0.0537. The van der Waals surface area contributed by atoms with Gasteiger partial charge in [-0.25, -0.2) is 4.98 Å². The van der Waals surface area contributed by atoms with Gasteiger partial charge in [-0.15, -0.1) is 0 Å². The maximum Gasteiger partial charge on any atom is 0.213 e. The van der Waals surface area contributed by atoms with Crippen molar-refractivity contribution in [1.29, 1.82) is 0 Å². The molecule has 2 aromatic heterocycles. The fourth-order valence-electron chi connectivity index (χ4n) is 1.60. The van der Waals surface area contributed by atoms with Gasteiger partial charge < -0.3 is 14.6 Å². The molecule has 0 unspecified atom stereocenters. The summed E-state index contributed by atoms with van der Waals surface area (Å²) in [6.07, 6.45) is 3.72. The van der Waals surface area contributed by atoms with Crippen LogP contribution in [-0.4, -0.2) is 28.8 Å². The summed E-state index contributed by atoms with van der Waals surface area (Å²) < 4.78 is 10.7. The zero-order chi connectivity index (χ0) is 14.9. The lowest BCUT2D eigenvalue weighted by Crippen LogP contribution is -2.00. The van der Waals surface area contributed by atoms with Gasteiger partial charge in [0, 0.05) is 24.2 Å². The van der Waals surface area contributed by atoms with Crippen LogP contribution in [-0.2, 0) is 6.61 Å². The average Bonchev–Trinajstić information content (AvgIpc) is 2.54. The molecule has 0 amide bonds. The lowest BCUT2D eigenvalue weighted by Gasteiger charge is -2.06. The van der Waals surface area contributed by atoms with Crippen LogP contribution in [0.25, 0.3) is 0 Å². The van der Waals surface area contributed by atoms with Crippen LogP contribution in [0.3, 0.4) is 0 Å². The summed E-state index contributed by atoms with van der Waals surface area (Å²) in [5.41, 5.74) is 1.52. The van der Waals surface area contributed by atoms with Crippen molar-refractivity contribution in [2.24, 2.45) is 0 Å². The second kappa shape index (κ2) is 7.88. The molecule has 5 heteroatoms. The standard InChI is InChI=1S/C16H16N2O3/c1-20-16-7-4-6-14(18-16)12-21-15-9-13(10-17-11-15)5-2-3-8-19/h4,6-7,9-11,19H,3,8,12H2,1H3. The molecule has 0 aromatic carbocycles. The van der Waals surface area contributed by atoms with Crippen LogP contribution in [0.1, 0.15) is 17.7 Å². The maximum absolute atomic E-state index is 8.69. The largest absolute Gasteiger partial charge is 0.486 e. The van der Waals surface area contributed by atoms with E-state index in [1.807, 2.05) is 12.1 Å². The third-order valence-corrected chi connectivity index (χ3v) is 2.56. The van der Waals surface area contributed by atoms with E-state index in [-0.39, 0.29) is 6.61 Å². The molecule has 0 bridgehead atoms. The van der Waals surface area contributed by atoms with Crippen molar-refractivity contribution in [3.05, 3.63) is 47.9 Å². The number of pyridine rings is 2. The smallest absolute Gasteiger partial charge is 0.213 e. The monoisotopic (exact) mass is 284 g/mol. The van der Waals surface area contributed by atoms with Gasteiger partial charge in [0.05, 0.1) is 25.6 Å². The Bertz CT molecular complexity index is 647. The Morgan fingerprint density at radius 1 is 1.29 bits per heavy atom. The number of hydrogen-bond donors (Lipinski definition) is 1. The lowest BCUT2D eigenvalue weighted by molar-refractivity contribution is 0.297. The van der Waals surface area contributed by atoms with Crippen LogP contribution in [0.15, 0.2) is 36.7 Å².